The first kappa shape index (κ1) is 15.7. The third-order valence-electron chi connectivity index (χ3n) is 4.74. The normalized spacial score (nSPS) is 14.1. The van der Waals surface area contributed by atoms with Crippen LogP contribution in [-0.4, -0.2) is 26.1 Å². The summed E-state index contributed by atoms with van der Waals surface area (Å²) in [4.78, 5) is 28.9. The standard InChI is InChI=1S/C18H21N5O2/c1-10-16(12-6-7-12)22-23-17(10)21-15(24)4-2-3-11-5-8-13-14(9-11)20-18(25)19-13/h5,8-9,12H,2-4,6-7H2,1H3,(H2,19,20,25)(H2,21,22,23,24). The van der Waals surface area contributed by atoms with Gasteiger partial charge in [0.2, 0.25) is 5.91 Å². The van der Waals surface area contributed by atoms with Gasteiger partial charge in [-0.25, -0.2) is 4.79 Å². The molecule has 7 nitrogen and oxygen atoms in total. The predicted molar refractivity (Wildman–Crippen MR) is 95.8 cm³/mol. The van der Waals surface area contributed by atoms with E-state index in [2.05, 4.69) is 25.5 Å². The number of hydrogen-bond acceptors (Lipinski definition) is 3. The van der Waals surface area contributed by atoms with Crippen molar-refractivity contribution in [2.24, 2.45) is 0 Å². The number of aromatic amines is 3. The molecule has 1 aliphatic rings. The second-order valence-electron chi connectivity index (χ2n) is 6.75. The first-order chi connectivity index (χ1) is 12.1. The van der Waals surface area contributed by atoms with E-state index in [-0.39, 0.29) is 11.6 Å². The van der Waals surface area contributed by atoms with Gasteiger partial charge in [-0.3, -0.25) is 9.89 Å². The van der Waals surface area contributed by atoms with Crippen molar-refractivity contribution in [3.8, 4) is 0 Å². The fraction of sp³-hybridized carbons (Fsp3) is 0.389. The molecule has 2 aromatic heterocycles. The maximum Gasteiger partial charge on any atom is 0.323 e. The van der Waals surface area contributed by atoms with Gasteiger partial charge in [-0.15, -0.1) is 0 Å². The Bertz CT molecular complexity index is 977. The van der Waals surface area contributed by atoms with Gasteiger partial charge in [0.05, 0.1) is 11.0 Å². The van der Waals surface area contributed by atoms with Gasteiger partial charge in [-0.05, 0) is 50.3 Å². The number of hydrogen-bond donors (Lipinski definition) is 4. The number of anilines is 1. The number of imidazole rings is 1. The number of nitrogens with zero attached hydrogens (tertiary/aromatic N) is 1. The zero-order valence-corrected chi connectivity index (χ0v) is 14.1. The Balaban J connectivity index is 1.31. The fourth-order valence-corrected chi connectivity index (χ4v) is 3.19. The lowest BCUT2D eigenvalue weighted by Crippen LogP contribution is -2.12. The third kappa shape index (κ3) is 3.35. The molecule has 1 amide bonds. The molecular weight excluding hydrogens is 318 g/mol. The van der Waals surface area contributed by atoms with Crippen LogP contribution in [0.2, 0.25) is 0 Å². The zero-order chi connectivity index (χ0) is 17.4. The topological polar surface area (TPSA) is 106 Å². The Kier molecular flexibility index (Phi) is 3.91. The van der Waals surface area contributed by atoms with E-state index in [1.54, 1.807) is 0 Å². The quantitative estimate of drug-likeness (QED) is 0.555. The number of aryl methyl sites for hydroxylation is 1. The molecule has 1 aliphatic carbocycles. The number of amides is 1. The molecular formula is C18H21N5O2. The molecule has 4 N–H and O–H groups in total. The van der Waals surface area contributed by atoms with E-state index in [9.17, 15) is 9.59 Å². The van der Waals surface area contributed by atoms with Crippen molar-refractivity contribution in [2.75, 3.05) is 5.32 Å². The van der Waals surface area contributed by atoms with Crippen molar-refractivity contribution < 1.29 is 4.79 Å². The van der Waals surface area contributed by atoms with Crippen LogP contribution in [-0.2, 0) is 11.2 Å². The highest BCUT2D eigenvalue weighted by molar-refractivity contribution is 5.90. The first-order valence-electron chi connectivity index (χ1n) is 8.66. The number of benzene rings is 1. The van der Waals surface area contributed by atoms with E-state index in [0.29, 0.717) is 18.2 Å². The summed E-state index contributed by atoms with van der Waals surface area (Å²) < 4.78 is 0. The highest BCUT2D eigenvalue weighted by Crippen LogP contribution is 2.41. The maximum absolute atomic E-state index is 12.1. The Hall–Kier alpha value is -2.83. The number of nitrogens with one attached hydrogen (secondary N) is 4. The van der Waals surface area contributed by atoms with Crippen molar-refractivity contribution in [2.45, 2.75) is 44.9 Å². The second-order valence-corrected chi connectivity index (χ2v) is 6.75. The van der Waals surface area contributed by atoms with E-state index in [1.165, 1.54) is 12.8 Å². The molecule has 1 saturated carbocycles. The number of fused-ring (bicyclic) bond motifs is 1. The van der Waals surface area contributed by atoms with Crippen LogP contribution in [0.1, 0.15) is 48.4 Å². The molecule has 1 aromatic carbocycles. The molecule has 0 bridgehead atoms. The molecule has 130 valence electrons. The second kappa shape index (κ2) is 6.23. The van der Waals surface area contributed by atoms with E-state index < -0.39 is 0 Å². The van der Waals surface area contributed by atoms with Crippen molar-refractivity contribution in [1.82, 2.24) is 20.2 Å². The molecule has 7 heteroatoms. The van der Waals surface area contributed by atoms with Crippen molar-refractivity contribution >= 4 is 22.8 Å². The molecule has 1 fully saturated rings. The van der Waals surface area contributed by atoms with Crippen LogP contribution in [0, 0.1) is 6.92 Å². The lowest BCUT2D eigenvalue weighted by molar-refractivity contribution is -0.116. The van der Waals surface area contributed by atoms with E-state index in [0.717, 1.165) is 40.7 Å². The van der Waals surface area contributed by atoms with Gasteiger partial charge < -0.3 is 15.3 Å². The van der Waals surface area contributed by atoms with Crippen LogP contribution in [0.25, 0.3) is 11.0 Å². The van der Waals surface area contributed by atoms with Crippen LogP contribution in [0.15, 0.2) is 23.0 Å². The first-order valence-corrected chi connectivity index (χ1v) is 8.66. The monoisotopic (exact) mass is 339 g/mol. The van der Waals surface area contributed by atoms with Crippen LogP contribution in [0.4, 0.5) is 5.82 Å². The Morgan fingerprint density at radius 3 is 2.88 bits per heavy atom. The van der Waals surface area contributed by atoms with Gasteiger partial charge >= 0.3 is 5.69 Å². The summed E-state index contributed by atoms with van der Waals surface area (Å²) in [6, 6.07) is 5.81. The fourth-order valence-electron chi connectivity index (χ4n) is 3.19. The van der Waals surface area contributed by atoms with Gasteiger partial charge in [0, 0.05) is 23.6 Å². The summed E-state index contributed by atoms with van der Waals surface area (Å²) >= 11 is 0. The van der Waals surface area contributed by atoms with Crippen LogP contribution < -0.4 is 11.0 Å². The van der Waals surface area contributed by atoms with Gasteiger partial charge in [-0.2, -0.15) is 5.10 Å². The smallest absolute Gasteiger partial charge is 0.309 e. The Morgan fingerprint density at radius 2 is 2.08 bits per heavy atom. The van der Waals surface area contributed by atoms with Crippen LogP contribution >= 0.6 is 0 Å². The minimum atomic E-state index is -0.202. The molecule has 25 heavy (non-hydrogen) atoms. The van der Waals surface area contributed by atoms with Gasteiger partial charge in [0.15, 0.2) is 5.82 Å². The summed E-state index contributed by atoms with van der Waals surface area (Å²) in [5.41, 5.74) is 4.70. The number of aromatic nitrogens is 4. The summed E-state index contributed by atoms with van der Waals surface area (Å²) in [5, 5.41) is 10.2. The molecule has 0 saturated heterocycles. The largest absolute Gasteiger partial charge is 0.323 e. The SMILES string of the molecule is Cc1c(NC(=O)CCCc2ccc3[nH]c(=O)[nH]c3c2)n[nH]c1C1CC1. The highest BCUT2D eigenvalue weighted by Gasteiger charge is 2.28. The van der Waals surface area contributed by atoms with Gasteiger partial charge in [0.25, 0.3) is 0 Å². The molecule has 0 unspecified atom stereocenters. The minimum absolute atomic E-state index is 0.0203. The van der Waals surface area contributed by atoms with Crippen molar-refractivity contribution in [3.63, 3.8) is 0 Å². The van der Waals surface area contributed by atoms with Crippen LogP contribution in [0.3, 0.4) is 0 Å². The number of rotatable bonds is 6. The van der Waals surface area contributed by atoms with Crippen molar-refractivity contribution in [1.29, 1.82) is 0 Å². The number of H-pyrrole nitrogens is 3. The summed E-state index contributed by atoms with van der Waals surface area (Å²) in [7, 11) is 0. The third-order valence-corrected chi connectivity index (χ3v) is 4.74. The van der Waals surface area contributed by atoms with Gasteiger partial charge in [-0.1, -0.05) is 6.07 Å². The Labute approximate surface area is 144 Å². The number of carbonyl (C=O) groups is 1. The molecule has 0 aliphatic heterocycles. The highest BCUT2D eigenvalue weighted by atomic mass is 16.1. The average molecular weight is 339 g/mol. The molecule has 0 atom stereocenters. The Morgan fingerprint density at radius 1 is 1.28 bits per heavy atom. The average Bonchev–Trinajstić information content (AvgIpc) is 3.26. The summed E-state index contributed by atoms with van der Waals surface area (Å²) in [6.45, 7) is 2.00. The molecule has 4 rings (SSSR count). The van der Waals surface area contributed by atoms with E-state index in [4.69, 9.17) is 0 Å². The number of carbonyl (C=O) groups excluding carboxylic acids is 1. The molecule has 3 aromatic rings. The zero-order valence-electron chi connectivity index (χ0n) is 14.1. The van der Waals surface area contributed by atoms with Crippen molar-refractivity contribution in [3.05, 3.63) is 45.5 Å². The van der Waals surface area contributed by atoms with E-state index in [1.807, 2.05) is 25.1 Å². The van der Waals surface area contributed by atoms with Crippen LogP contribution in [0.5, 0.6) is 0 Å². The minimum Gasteiger partial charge on any atom is -0.309 e. The predicted octanol–water partition coefficient (Wildman–Crippen LogP) is 2.73. The van der Waals surface area contributed by atoms with Gasteiger partial charge in [0.1, 0.15) is 0 Å². The molecule has 0 radical (unpaired) electrons. The maximum atomic E-state index is 12.1. The van der Waals surface area contributed by atoms with E-state index >= 15 is 0 Å². The lowest BCUT2D eigenvalue weighted by Gasteiger charge is -2.04. The summed E-state index contributed by atoms with van der Waals surface area (Å²) in [6.07, 6.45) is 4.36. The molecule has 2 heterocycles. The lowest BCUT2D eigenvalue weighted by atomic mass is 10.1. The summed E-state index contributed by atoms with van der Waals surface area (Å²) in [5.74, 6) is 1.22. The molecule has 0 spiro atoms.